The van der Waals surface area contributed by atoms with E-state index in [0.717, 1.165) is 0 Å². The molecule has 106 valence electrons. The Labute approximate surface area is 119 Å². The molecule has 0 heterocycles. The third kappa shape index (κ3) is 6.63. The van der Waals surface area contributed by atoms with Gasteiger partial charge in [0.2, 0.25) is 0 Å². The van der Waals surface area contributed by atoms with E-state index in [1.165, 1.54) is 6.92 Å². The summed E-state index contributed by atoms with van der Waals surface area (Å²) < 4.78 is 20.2. The molecule has 0 fully saturated rings. The first-order valence-electron chi connectivity index (χ1n) is 4.80. The number of carboxylic acid groups (broad SMARTS) is 1. The molecule has 1 amide bonds. The molecule has 10 heteroatoms. The van der Waals surface area contributed by atoms with Gasteiger partial charge in [-0.2, -0.15) is 0 Å². The number of carbonyl (C=O) groups excluding carboxylic acids is 1. The van der Waals surface area contributed by atoms with Crippen molar-refractivity contribution in [2.75, 3.05) is 11.5 Å². The second-order valence-electron chi connectivity index (χ2n) is 3.39. The lowest BCUT2D eigenvalue weighted by molar-refractivity contribution is -0.141. The average molecular weight is 341 g/mol. The van der Waals surface area contributed by atoms with Crippen molar-refractivity contribution in [2.45, 2.75) is 23.2 Å². The van der Waals surface area contributed by atoms with Gasteiger partial charge in [-0.25, -0.2) is 13.2 Å². The summed E-state index contributed by atoms with van der Waals surface area (Å²) in [6.07, 6.45) is -0.294. The lowest BCUT2D eigenvalue weighted by atomic mass is 10.2. The zero-order chi connectivity index (χ0) is 14.6. The number of aliphatic carboxylic acids is 1. The van der Waals surface area contributed by atoms with Crippen molar-refractivity contribution < 1.29 is 23.1 Å². The molecule has 0 bridgehead atoms. The number of sulfone groups is 1. The Morgan fingerprint density at radius 3 is 2.17 bits per heavy atom. The number of halogens is 3. The monoisotopic (exact) mass is 339 g/mol. The van der Waals surface area contributed by atoms with Gasteiger partial charge in [0.1, 0.15) is 15.9 Å². The SMILES string of the molecule is CCS(=O)(=O)CCC(NC(=O)C(Cl)(Cl)Cl)C(=O)O. The minimum atomic E-state index is -3.33. The van der Waals surface area contributed by atoms with E-state index in [2.05, 4.69) is 0 Å². The van der Waals surface area contributed by atoms with Crippen LogP contribution in [0, 0.1) is 0 Å². The molecule has 0 saturated heterocycles. The molecule has 6 nitrogen and oxygen atoms in total. The highest BCUT2D eigenvalue weighted by atomic mass is 35.6. The predicted octanol–water partition coefficient (Wildman–Crippen LogP) is 0.751. The lowest BCUT2D eigenvalue weighted by Crippen LogP contribution is -2.46. The van der Waals surface area contributed by atoms with Crippen LogP contribution in [0.25, 0.3) is 0 Å². The molecule has 0 saturated carbocycles. The molecular formula is C8H12Cl3NO5S. The van der Waals surface area contributed by atoms with Crippen LogP contribution in [0.5, 0.6) is 0 Å². The fourth-order valence-electron chi connectivity index (χ4n) is 0.939. The smallest absolute Gasteiger partial charge is 0.326 e. The maximum absolute atomic E-state index is 11.3. The molecule has 1 atom stereocenters. The van der Waals surface area contributed by atoms with Crippen LogP contribution in [0.2, 0.25) is 0 Å². The third-order valence-electron chi connectivity index (χ3n) is 2.02. The summed E-state index contributed by atoms with van der Waals surface area (Å²) in [7, 11) is -3.33. The molecule has 0 spiro atoms. The summed E-state index contributed by atoms with van der Waals surface area (Å²) >= 11 is 15.8. The Hall–Kier alpha value is -0.240. The predicted molar refractivity (Wildman–Crippen MR) is 68.8 cm³/mol. The van der Waals surface area contributed by atoms with Crippen molar-refractivity contribution in [2.24, 2.45) is 0 Å². The molecule has 0 aliphatic heterocycles. The molecular weight excluding hydrogens is 329 g/mol. The van der Waals surface area contributed by atoms with Crippen molar-refractivity contribution in [3.8, 4) is 0 Å². The molecule has 0 aromatic rings. The number of carbonyl (C=O) groups is 2. The van der Waals surface area contributed by atoms with Gasteiger partial charge < -0.3 is 10.4 Å². The summed E-state index contributed by atoms with van der Waals surface area (Å²) in [4.78, 5) is 22.1. The molecule has 0 aliphatic rings. The summed E-state index contributed by atoms with van der Waals surface area (Å²) in [5.41, 5.74) is 0. The van der Waals surface area contributed by atoms with Gasteiger partial charge in [0.05, 0.1) is 5.75 Å². The minimum Gasteiger partial charge on any atom is -0.480 e. The summed E-state index contributed by atoms with van der Waals surface area (Å²) in [5, 5.41) is 10.8. The van der Waals surface area contributed by atoms with Gasteiger partial charge in [0.15, 0.2) is 0 Å². The fourth-order valence-corrected chi connectivity index (χ4v) is 1.99. The highest BCUT2D eigenvalue weighted by Gasteiger charge is 2.34. The van der Waals surface area contributed by atoms with Crippen LogP contribution in [0.4, 0.5) is 0 Å². The van der Waals surface area contributed by atoms with Gasteiger partial charge in [0.25, 0.3) is 9.70 Å². The van der Waals surface area contributed by atoms with E-state index in [1.54, 1.807) is 0 Å². The van der Waals surface area contributed by atoms with Crippen molar-refractivity contribution in [1.82, 2.24) is 5.32 Å². The zero-order valence-electron chi connectivity index (χ0n) is 9.32. The number of rotatable bonds is 6. The van der Waals surface area contributed by atoms with Crippen molar-refractivity contribution >= 4 is 56.5 Å². The molecule has 0 aliphatic carbocycles. The van der Waals surface area contributed by atoms with Gasteiger partial charge >= 0.3 is 5.97 Å². The molecule has 18 heavy (non-hydrogen) atoms. The zero-order valence-corrected chi connectivity index (χ0v) is 12.4. The van der Waals surface area contributed by atoms with E-state index in [0.29, 0.717) is 0 Å². The maximum Gasteiger partial charge on any atom is 0.326 e. The van der Waals surface area contributed by atoms with Crippen LogP contribution in [0.15, 0.2) is 0 Å². The first kappa shape index (κ1) is 17.8. The number of hydrogen-bond acceptors (Lipinski definition) is 4. The number of hydrogen-bond donors (Lipinski definition) is 2. The van der Waals surface area contributed by atoms with Crippen LogP contribution >= 0.6 is 34.8 Å². The van der Waals surface area contributed by atoms with E-state index in [4.69, 9.17) is 39.9 Å². The van der Waals surface area contributed by atoms with Crippen LogP contribution in [-0.4, -0.2) is 46.7 Å². The van der Waals surface area contributed by atoms with Gasteiger partial charge in [-0.1, -0.05) is 41.7 Å². The van der Waals surface area contributed by atoms with E-state index in [1.807, 2.05) is 5.32 Å². The van der Waals surface area contributed by atoms with Crippen LogP contribution in [0.1, 0.15) is 13.3 Å². The Morgan fingerprint density at radius 2 is 1.83 bits per heavy atom. The van der Waals surface area contributed by atoms with Crippen LogP contribution in [-0.2, 0) is 19.4 Å². The largest absolute Gasteiger partial charge is 0.480 e. The first-order chi connectivity index (χ1) is 7.99. The highest BCUT2D eigenvalue weighted by molar-refractivity contribution is 7.91. The van der Waals surface area contributed by atoms with Gasteiger partial charge in [-0.3, -0.25) is 4.79 Å². The highest BCUT2D eigenvalue weighted by Crippen LogP contribution is 2.26. The fraction of sp³-hybridized carbons (Fsp3) is 0.750. The van der Waals surface area contributed by atoms with Crippen molar-refractivity contribution in [1.29, 1.82) is 0 Å². The average Bonchev–Trinajstić information content (AvgIpc) is 2.22. The Bertz CT molecular complexity index is 417. The molecule has 0 rings (SSSR count). The molecule has 0 aromatic carbocycles. The molecule has 1 unspecified atom stereocenters. The van der Waals surface area contributed by atoms with Crippen molar-refractivity contribution in [3.05, 3.63) is 0 Å². The lowest BCUT2D eigenvalue weighted by Gasteiger charge is -2.17. The molecule has 2 N–H and O–H groups in total. The topological polar surface area (TPSA) is 101 Å². The first-order valence-corrected chi connectivity index (χ1v) is 7.76. The Balaban J connectivity index is 4.62. The number of nitrogens with one attached hydrogen (secondary N) is 1. The van der Waals surface area contributed by atoms with Crippen molar-refractivity contribution in [3.63, 3.8) is 0 Å². The Morgan fingerprint density at radius 1 is 1.33 bits per heavy atom. The standard InChI is InChI=1S/C8H12Cl3NO5S/c1-2-18(16,17)4-3-5(6(13)14)12-7(15)8(9,10)11/h5H,2-4H2,1H3,(H,12,15)(H,13,14). The van der Waals surface area contributed by atoms with Gasteiger partial charge in [0, 0.05) is 5.75 Å². The number of carboxylic acids is 1. The number of amides is 1. The van der Waals surface area contributed by atoms with Gasteiger partial charge in [-0.05, 0) is 6.42 Å². The number of alkyl halides is 3. The molecule has 0 radical (unpaired) electrons. The van der Waals surface area contributed by atoms with Crippen LogP contribution in [0.3, 0.4) is 0 Å². The second kappa shape index (κ2) is 6.79. The van der Waals surface area contributed by atoms with Gasteiger partial charge in [-0.15, -0.1) is 0 Å². The quantitative estimate of drug-likeness (QED) is 0.695. The van der Waals surface area contributed by atoms with Crippen LogP contribution < -0.4 is 5.32 Å². The third-order valence-corrected chi connectivity index (χ3v) is 4.27. The van der Waals surface area contributed by atoms with E-state index < -0.39 is 31.5 Å². The minimum absolute atomic E-state index is 0.113. The van der Waals surface area contributed by atoms with E-state index in [-0.39, 0.29) is 17.9 Å². The summed E-state index contributed by atoms with van der Waals surface area (Å²) in [5.74, 6) is -3.00. The summed E-state index contributed by atoms with van der Waals surface area (Å²) in [6.45, 7) is 1.44. The maximum atomic E-state index is 11.3. The normalized spacial score (nSPS) is 14.0. The van der Waals surface area contributed by atoms with E-state index in [9.17, 15) is 18.0 Å². The van der Waals surface area contributed by atoms with E-state index >= 15 is 0 Å². The Kier molecular flexibility index (Phi) is 6.70. The second-order valence-corrected chi connectivity index (χ2v) is 8.14. The summed E-state index contributed by atoms with van der Waals surface area (Å²) in [6, 6.07) is -1.42. The molecule has 0 aromatic heterocycles.